The zero-order valence-electron chi connectivity index (χ0n) is 12.3. The average molecular weight is 294 g/mol. The van der Waals surface area contributed by atoms with E-state index in [0.717, 1.165) is 39.1 Å². The predicted molar refractivity (Wildman–Crippen MR) is 79.9 cm³/mol. The molecular formula is C13H28ClN3O2. The number of likely N-dealkylation sites (N-methyl/N-ethyl adjacent to an activating group) is 1. The van der Waals surface area contributed by atoms with E-state index in [-0.39, 0.29) is 18.3 Å². The largest absolute Gasteiger partial charge is 0.377 e. The van der Waals surface area contributed by atoms with Gasteiger partial charge in [0.15, 0.2) is 0 Å². The number of rotatable bonds is 7. The summed E-state index contributed by atoms with van der Waals surface area (Å²) in [6.45, 7) is 8.41. The van der Waals surface area contributed by atoms with Crippen LogP contribution in [-0.2, 0) is 9.53 Å². The second kappa shape index (κ2) is 10.4. The van der Waals surface area contributed by atoms with Gasteiger partial charge in [-0.05, 0) is 33.7 Å². The third-order valence-electron chi connectivity index (χ3n) is 3.15. The molecule has 19 heavy (non-hydrogen) atoms. The molecule has 1 aliphatic heterocycles. The standard InChI is InChI=1S/C13H27N3O2.ClH/c1-11(2)18-9-8-16-6-4-12(5-7-16)15-13(17)10-14-3;/h11-12,14H,4-10H2,1-3H3,(H,15,17);1H. The van der Waals surface area contributed by atoms with Crippen LogP contribution in [0.4, 0.5) is 0 Å². The van der Waals surface area contributed by atoms with E-state index in [1.165, 1.54) is 0 Å². The smallest absolute Gasteiger partial charge is 0.234 e. The maximum absolute atomic E-state index is 11.4. The van der Waals surface area contributed by atoms with Crippen LogP contribution in [-0.4, -0.2) is 62.8 Å². The number of amides is 1. The number of halogens is 1. The Labute approximate surface area is 122 Å². The number of hydrogen-bond acceptors (Lipinski definition) is 4. The van der Waals surface area contributed by atoms with Gasteiger partial charge in [0.1, 0.15) is 0 Å². The number of carbonyl (C=O) groups excluding carboxylic acids is 1. The summed E-state index contributed by atoms with van der Waals surface area (Å²) in [4.78, 5) is 13.8. The highest BCUT2D eigenvalue weighted by molar-refractivity contribution is 5.85. The summed E-state index contributed by atoms with van der Waals surface area (Å²) in [5.41, 5.74) is 0. The normalized spacial score (nSPS) is 17.3. The van der Waals surface area contributed by atoms with Gasteiger partial charge in [-0.1, -0.05) is 0 Å². The minimum absolute atomic E-state index is 0. The van der Waals surface area contributed by atoms with E-state index < -0.39 is 0 Å². The maximum atomic E-state index is 11.4. The lowest BCUT2D eigenvalue weighted by atomic mass is 10.1. The molecule has 0 saturated carbocycles. The zero-order chi connectivity index (χ0) is 13.4. The van der Waals surface area contributed by atoms with E-state index in [4.69, 9.17) is 4.74 Å². The Balaban J connectivity index is 0.00000324. The molecule has 2 N–H and O–H groups in total. The Bertz CT molecular complexity index is 244. The monoisotopic (exact) mass is 293 g/mol. The highest BCUT2D eigenvalue weighted by Gasteiger charge is 2.20. The average Bonchev–Trinajstić information content (AvgIpc) is 2.31. The number of ether oxygens (including phenoxy) is 1. The first-order valence-corrected chi connectivity index (χ1v) is 6.89. The van der Waals surface area contributed by atoms with Gasteiger partial charge in [-0.3, -0.25) is 4.79 Å². The van der Waals surface area contributed by atoms with Gasteiger partial charge in [-0.25, -0.2) is 0 Å². The lowest BCUT2D eigenvalue weighted by molar-refractivity contribution is -0.121. The molecule has 1 fully saturated rings. The van der Waals surface area contributed by atoms with Gasteiger partial charge in [0.05, 0.1) is 19.3 Å². The van der Waals surface area contributed by atoms with Crippen LogP contribution in [0.5, 0.6) is 0 Å². The van der Waals surface area contributed by atoms with E-state index in [9.17, 15) is 4.79 Å². The van der Waals surface area contributed by atoms with E-state index in [2.05, 4.69) is 29.4 Å². The zero-order valence-corrected chi connectivity index (χ0v) is 13.1. The van der Waals surface area contributed by atoms with Crippen LogP contribution in [0.1, 0.15) is 26.7 Å². The van der Waals surface area contributed by atoms with Crippen molar-refractivity contribution in [3.63, 3.8) is 0 Å². The molecule has 0 radical (unpaired) electrons. The molecule has 1 heterocycles. The Morgan fingerprint density at radius 2 is 2.00 bits per heavy atom. The number of nitrogens with one attached hydrogen (secondary N) is 2. The third-order valence-corrected chi connectivity index (χ3v) is 3.15. The minimum Gasteiger partial charge on any atom is -0.377 e. The van der Waals surface area contributed by atoms with Crippen molar-refractivity contribution >= 4 is 18.3 Å². The fourth-order valence-electron chi connectivity index (χ4n) is 2.16. The first-order chi connectivity index (χ1) is 8.61. The molecule has 114 valence electrons. The first kappa shape index (κ1) is 18.6. The SMILES string of the molecule is CNCC(=O)NC1CCN(CCOC(C)C)CC1.Cl. The van der Waals surface area contributed by atoms with Crippen molar-refractivity contribution in [2.75, 3.05) is 39.8 Å². The molecule has 0 bridgehead atoms. The van der Waals surface area contributed by atoms with Crippen molar-refractivity contribution in [3.8, 4) is 0 Å². The molecule has 0 aromatic heterocycles. The van der Waals surface area contributed by atoms with Crippen LogP contribution >= 0.6 is 12.4 Å². The van der Waals surface area contributed by atoms with Crippen LogP contribution in [0.25, 0.3) is 0 Å². The Hall–Kier alpha value is -0.360. The van der Waals surface area contributed by atoms with Gasteiger partial charge in [0, 0.05) is 25.7 Å². The van der Waals surface area contributed by atoms with Gasteiger partial charge in [0.2, 0.25) is 5.91 Å². The van der Waals surface area contributed by atoms with E-state index in [1.54, 1.807) is 7.05 Å². The summed E-state index contributed by atoms with van der Waals surface area (Å²) >= 11 is 0. The predicted octanol–water partition coefficient (Wildman–Crippen LogP) is 0.633. The second-order valence-electron chi connectivity index (χ2n) is 5.13. The second-order valence-corrected chi connectivity index (χ2v) is 5.13. The van der Waals surface area contributed by atoms with E-state index >= 15 is 0 Å². The van der Waals surface area contributed by atoms with Gasteiger partial charge in [0.25, 0.3) is 0 Å². The van der Waals surface area contributed by atoms with Gasteiger partial charge in [-0.2, -0.15) is 0 Å². The van der Waals surface area contributed by atoms with Crippen LogP contribution in [0.2, 0.25) is 0 Å². The topological polar surface area (TPSA) is 53.6 Å². The van der Waals surface area contributed by atoms with Crippen LogP contribution in [0.3, 0.4) is 0 Å². The van der Waals surface area contributed by atoms with Gasteiger partial charge >= 0.3 is 0 Å². The van der Waals surface area contributed by atoms with Crippen molar-refractivity contribution in [3.05, 3.63) is 0 Å². The lowest BCUT2D eigenvalue weighted by Crippen LogP contribution is -2.47. The highest BCUT2D eigenvalue weighted by atomic mass is 35.5. The summed E-state index contributed by atoms with van der Waals surface area (Å²) in [6.07, 6.45) is 2.39. The van der Waals surface area contributed by atoms with E-state index in [0.29, 0.717) is 18.7 Å². The van der Waals surface area contributed by atoms with Crippen molar-refractivity contribution < 1.29 is 9.53 Å². The molecule has 0 unspecified atom stereocenters. The van der Waals surface area contributed by atoms with E-state index in [1.807, 2.05) is 0 Å². The summed E-state index contributed by atoms with van der Waals surface area (Å²) in [7, 11) is 1.79. The Kier molecular flexibility index (Phi) is 10.2. The maximum Gasteiger partial charge on any atom is 0.234 e. The molecule has 0 aromatic carbocycles. The summed E-state index contributed by atoms with van der Waals surface area (Å²) in [5.74, 6) is 0.0964. The number of piperidine rings is 1. The quantitative estimate of drug-likeness (QED) is 0.723. The van der Waals surface area contributed by atoms with Crippen molar-refractivity contribution in [1.82, 2.24) is 15.5 Å². The van der Waals surface area contributed by atoms with Crippen molar-refractivity contribution in [1.29, 1.82) is 0 Å². The van der Waals surface area contributed by atoms with Gasteiger partial charge < -0.3 is 20.3 Å². The third kappa shape index (κ3) is 8.42. The molecule has 1 saturated heterocycles. The highest BCUT2D eigenvalue weighted by Crippen LogP contribution is 2.09. The molecule has 6 heteroatoms. The Morgan fingerprint density at radius 1 is 1.37 bits per heavy atom. The van der Waals surface area contributed by atoms with Crippen LogP contribution in [0.15, 0.2) is 0 Å². The number of hydrogen-bond donors (Lipinski definition) is 2. The summed E-state index contributed by atoms with van der Waals surface area (Å²) in [5, 5.41) is 5.92. The fraction of sp³-hybridized carbons (Fsp3) is 0.923. The van der Waals surface area contributed by atoms with Crippen LogP contribution < -0.4 is 10.6 Å². The lowest BCUT2D eigenvalue weighted by Gasteiger charge is -2.32. The number of carbonyl (C=O) groups is 1. The molecule has 0 aliphatic carbocycles. The summed E-state index contributed by atoms with van der Waals surface area (Å²) < 4.78 is 5.55. The molecule has 1 amide bonds. The number of nitrogens with zero attached hydrogens (tertiary/aromatic N) is 1. The molecule has 5 nitrogen and oxygen atoms in total. The minimum atomic E-state index is 0. The molecule has 0 spiro atoms. The molecule has 1 aliphatic rings. The van der Waals surface area contributed by atoms with Crippen molar-refractivity contribution in [2.24, 2.45) is 0 Å². The fourth-order valence-corrected chi connectivity index (χ4v) is 2.16. The van der Waals surface area contributed by atoms with Crippen molar-refractivity contribution in [2.45, 2.75) is 38.8 Å². The molecule has 0 atom stereocenters. The summed E-state index contributed by atoms with van der Waals surface area (Å²) in [6, 6.07) is 0.341. The molecular weight excluding hydrogens is 266 g/mol. The van der Waals surface area contributed by atoms with Crippen LogP contribution in [0, 0.1) is 0 Å². The first-order valence-electron chi connectivity index (χ1n) is 6.89. The van der Waals surface area contributed by atoms with Gasteiger partial charge in [-0.15, -0.1) is 12.4 Å². The number of likely N-dealkylation sites (tertiary alicyclic amines) is 1. The molecule has 0 aromatic rings. The Morgan fingerprint density at radius 3 is 2.53 bits per heavy atom. The molecule has 1 rings (SSSR count).